The molecule has 0 fully saturated rings. The van der Waals surface area contributed by atoms with Gasteiger partial charge in [-0.25, -0.2) is 4.52 Å². The Bertz CT molecular complexity index is 1170. The van der Waals surface area contributed by atoms with E-state index in [0.717, 1.165) is 16.7 Å². The third-order valence-corrected chi connectivity index (χ3v) is 5.36. The molecule has 0 bridgehead atoms. The number of hydrogen-bond acceptors (Lipinski definition) is 5. The van der Waals surface area contributed by atoms with E-state index in [1.807, 2.05) is 75.4 Å². The number of aryl methyl sites for hydroxylation is 1. The van der Waals surface area contributed by atoms with Crippen LogP contribution in [-0.2, 0) is 21.4 Å². The van der Waals surface area contributed by atoms with E-state index in [2.05, 4.69) is 15.3 Å². The first-order chi connectivity index (χ1) is 14.5. The maximum Gasteiger partial charge on any atom is 0.318 e. The van der Waals surface area contributed by atoms with Gasteiger partial charge < -0.3 is 4.74 Å². The van der Waals surface area contributed by atoms with Gasteiger partial charge in [0.15, 0.2) is 5.65 Å². The molecule has 1 atom stereocenters. The molecule has 0 aliphatic rings. The number of hydrogen-bond donors (Lipinski definition) is 0. The van der Waals surface area contributed by atoms with E-state index in [1.54, 1.807) is 16.9 Å². The van der Waals surface area contributed by atoms with Crippen LogP contribution in [0.25, 0.3) is 16.8 Å². The summed E-state index contributed by atoms with van der Waals surface area (Å²) < 4.78 is 7.17. The molecule has 0 aliphatic heterocycles. The molecule has 6 nitrogen and oxygen atoms in total. The molecule has 0 aliphatic carbocycles. The Morgan fingerprint density at radius 1 is 1.07 bits per heavy atom. The minimum atomic E-state index is -0.970. The highest BCUT2D eigenvalue weighted by molar-refractivity contribution is 5.83. The van der Waals surface area contributed by atoms with E-state index in [4.69, 9.17) is 4.74 Å². The summed E-state index contributed by atoms with van der Waals surface area (Å²) in [7, 11) is 0. The maximum absolute atomic E-state index is 13.1. The fourth-order valence-corrected chi connectivity index (χ4v) is 3.68. The lowest BCUT2D eigenvalue weighted by molar-refractivity contribution is -0.149. The topological polar surface area (TPSA) is 69.4 Å². The first kappa shape index (κ1) is 19.8. The van der Waals surface area contributed by atoms with Crippen molar-refractivity contribution >= 4 is 11.6 Å². The summed E-state index contributed by atoms with van der Waals surface area (Å²) in [4.78, 5) is 13.1. The molecule has 152 valence electrons. The van der Waals surface area contributed by atoms with Crippen molar-refractivity contribution in [3.8, 4) is 11.1 Å². The third-order valence-electron chi connectivity index (χ3n) is 5.36. The quantitative estimate of drug-likeness (QED) is 0.455. The number of fused-ring (bicyclic) bond motifs is 1. The van der Waals surface area contributed by atoms with Gasteiger partial charge in [0.25, 0.3) is 0 Å². The molecule has 2 aromatic heterocycles. The molecule has 0 N–H and O–H groups in total. The van der Waals surface area contributed by atoms with Gasteiger partial charge in [0.2, 0.25) is 0 Å². The normalized spacial score (nSPS) is 13.2. The molecule has 1 unspecified atom stereocenters. The molecule has 0 radical (unpaired) electrons. The fraction of sp³-hybridized carbons (Fsp3) is 0.250. The second-order valence-electron chi connectivity index (χ2n) is 7.60. The molecule has 0 spiro atoms. The van der Waals surface area contributed by atoms with Crippen molar-refractivity contribution in [1.82, 2.24) is 19.8 Å². The average Bonchev–Trinajstić information content (AvgIpc) is 3.19. The molecular weight excluding hydrogens is 376 g/mol. The zero-order valence-corrected chi connectivity index (χ0v) is 17.4. The molecular formula is C24H24N4O2. The van der Waals surface area contributed by atoms with Crippen LogP contribution in [0.15, 0.2) is 67.0 Å². The molecule has 0 amide bonds. The van der Waals surface area contributed by atoms with Crippen LogP contribution in [0.1, 0.15) is 30.7 Å². The van der Waals surface area contributed by atoms with Gasteiger partial charge in [-0.3, -0.25) is 4.79 Å². The molecule has 0 saturated carbocycles. The molecule has 2 aromatic carbocycles. The minimum absolute atomic E-state index is 0.304. The van der Waals surface area contributed by atoms with Gasteiger partial charge in [0.05, 0.1) is 24.7 Å². The lowest BCUT2D eigenvalue weighted by Gasteiger charge is -2.27. The summed E-state index contributed by atoms with van der Waals surface area (Å²) in [6.07, 6.45) is 3.85. The fourth-order valence-electron chi connectivity index (χ4n) is 3.68. The van der Waals surface area contributed by atoms with Crippen LogP contribution in [0.4, 0.5) is 0 Å². The Labute approximate surface area is 175 Å². The number of carbonyl (C=O) groups is 1. The van der Waals surface area contributed by atoms with Crippen LogP contribution in [0.5, 0.6) is 0 Å². The largest absolute Gasteiger partial charge is 0.465 e. The Morgan fingerprint density at radius 3 is 2.50 bits per heavy atom. The third kappa shape index (κ3) is 3.56. The minimum Gasteiger partial charge on any atom is -0.465 e. The van der Waals surface area contributed by atoms with E-state index in [1.165, 1.54) is 5.56 Å². The Kier molecular flexibility index (Phi) is 5.31. The maximum atomic E-state index is 13.1. The van der Waals surface area contributed by atoms with Crippen molar-refractivity contribution in [2.45, 2.75) is 32.6 Å². The monoisotopic (exact) mass is 400 g/mol. The number of ether oxygens (including phenoxy) is 1. The van der Waals surface area contributed by atoms with Crippen molar-refractivity contribution < 1.29 is 9.53 Å². The Balaban J connectivity index is 1.85. The van der Waals surface area contributed by atoms with Crippen LogP contribution in [0.3, 0.4) is 0 Å². The Hall–Kier alpha value is -3.54. The molecule has 2 heterocycles. The van der Waals surface area contributed by atoms with E-state index in [-0.39, 0.29) is 5.97 Å². The van der Waals surface area contributed by atoms with Crippen molar-refractivity contribution in [3.63, 3.8) is 0 Å². The number of nitrogens with zero attached hydrogens (tertiary/aromatic N) is 4. The van der Waals surface area contributed by atoms with Gasteiger partial charge in [-0.05, 0) is 38.3 Å². The molecule has 4 aromatic rings. The number of esters is 1. The van der Waals surface area contributed by atoms with Crippen molar-refractivity contribution in [3.05, 3.63) is 83.8 Å². The number of benzene rings is 2. The summed E-state index contributed by atoms with van der Waals surface area (Å²) in [6.45, 7) is 6.04. The second-order valence-corrected chi connectivity index (χ2v) is 7.60. The van der Waals surface area contributed by atoms with Gasteiger partial charge in [-0.15, -0.1) is 5.10 Å². The predicted molar refractivity (Wildman–Crippen MR) is 115 cm³/mol. The lowest BCUT2D eigenvalue weighted by Crippen LogP contribution is -2.39. The molecule has 30 heavy (non-hydrogen) atoms. The zero-order valence-electron chi connectivity index (χ0n) is 17.4. The summed E-state index contributed by atoms with van der Waals surface area (Å²) in [5.74, 6) is -0.310. The predicted octanol–water partition coefficient (Wildman–Crippen LogP) is 4.16. The van der Waals surface area contributed by atoms with E-state index < -0.39 is 5.41 Å². The van der Waals surface area contributed by atoms with Gasteiger partial charge in [-0.2, -0.15) is 10.2 Å². The zero-order chi connectivity index (χ0) is 21.1. The van der Waals surface area contributed by atoms with Crippen molar-refractivity contribution in [2.75, 3.05) is 6.61 Å². The number of aromatic nitrogens is 4. The van der Waals surface area contributed by atoms with Gasteiger partial charge >= 0.3 is 5.97 Å². The highest BCUT2D eigenvalue weighted by Crippen LogP contribution is 2.32. The van der Waals surface area contributed by atoms with Gasteiger partial charge in [0, 0.05) is 5.56 Å². The van der Waals surface area contributed by atoms with Crippen molar-refractivity contribution in [1.29, 1.82) is 0 Å². The lowest BCUT2D eigenvalue weighted by atomic mass is 9.80. The summed E-state index contributed by atoms with van der Waals surface area (Å²) >= 11 is 0. The van der Waals surface area contributed by atoms with E-state index in [0.29, 0.717) is 24.4 Å². The van der Waals surface area contributed by atoms with Crippen LogP contribution in [0.2, 0.25) is 0 Å². The number of rotatable bonds is 6. The molecule has 4 rings (SSSR count). The van der Waals surface area contributed by atoms with Crippen LogP contribution >= 0.6 is 0 Å². The van der Waals surface area contributed by atoms with E-state index >= 15 is 0 Å². The highest BCUT2D eigenvalue weighted by atomic mass is 16.5. The van der Waals surface area contributed by atoms with Crippen LogP contribution < -0.4 is 0 Å². The van der Waals surface area contributed by atoms with Gasteiger partial charge in [0.1, 0.15) is 5.41 Å². The van der Waals surface area contributed by atoms with Crippen LogP contribution in [-0.4, -0.2) is 32.4 Å². The van der Waals surface area contributed by atoms with Gasteiger partial charge in [-0.1, -0.05) is 60.2 Å². The summed E-state index contributed by atoms with van der Waals surface area (Å²) in [6, 6.07) is 18.1. The average molecular weight is 400 g/mol. The standard InChI is InChI=1S/C24H24N4O2/c1-4-30-23(29)24(3,14-18-8-6-5-7-9-18)21-16-25-27-22-20(15-26-28(21)22)19-12-10-17(2)11-13-19/h5-13,15-16H,4,14H2,1-3H3. The first-order valence-electron chi connectivity index (χ1n) is 10.0. The van der Waals surface area contributed by atoms with E-state index in [9.17, 15) is 4.79 Å². The first-order valence-corrected chi connectivity index (χ1v) is 10.0. The van der Waals surface area contributed by atoms with Crippen LogP contribution in [0, 0.1) is 6.92 Å². The Morgan fingerprint density at radius 2 is 1.80 bits per heavy atom. The van der Waals surface area contributed by atoms with Crippen molar-refractivity contribution in [2.24, 2.45) is 0 Å². The smallest absolute Gasteiger partial charge is 0.318 e. The highest BCUT2D eigenvalue weighted by Gasteiger charge is 2.40. The summed E-state index contributed by atoms with van der Waals surface area (Å²) in [5.41, 5.74) is 4.37. The second kappa shape index (κ2) is 8.06. The number of carbonyl (C=O) groups excluding carboxylic acids is 1. The molecule has 6 heteroatoms. The molecule has 0 saturated heterocycles. The summed E-state index contributed by atoms with van der Waals surface area (Å²) in [5, 5.41) is 13.1. The SMILES string of the molecule is CCOC(=O)C(C)(Cc1ccccc1)c1cnnc2c(-c3ccc(C)cc3)cnn12.